The summed E-state index contributed by atoms with van der Waals surface area (Å²) in [6.07, 6.45) is 0. The lowest BCUT2D eigenvalue weighted by molar-refractivity contribution is -0.119. The van der Waals surface area contributed by atoms with Gasteiger partial charge in [0.25, 0.3) is 5.91 Å². The van der Waals surface area contributed by atoms with E-state index >= 15 is 0 Å². The van der Waals surface area contributed by atoms with Gasteiger partial charge in [-0.2, -0.15) is 8.78 Å². The van der Waals surface area contributed by atoms with Gasteiger partial charge < -0.3 is 10.1 Å². The summed E-state index contributed by atoms with van der Waals surface area (Å²) in [5.74, 6) is -7.41. The van der Waals surface area contributed by atoms with Crippen molar-refractivity contribution < 1.29 is 40.3 Å². The van der Waals surface area contributed by atoms with Crippen LogP contribution in [0.5, 0.6) is 0 Å². The SMILES string of the molecule is O=C(COC(=O)c1ccc(S(=O)(=O)C(F)F)cc1)Nc1ccc(F)cc1F. The number of hydrogen-bond acceptors (Lipinski definition) is 5. The van der Waals surface area contributed by atoms with Crippen LogP contribution in [-0.2, 0) is 19.4 Å². The van der Waals surface area contributed by atoms with Crippen LogP contribution in [0.3, 0.4) is 0 Å². The Kier molecular flexibility index (Phi) is 6.16. The minimum absolute atomic E-state index is 0.191. The quantitative estimate of drug-likeness (QED) is 0.590. The van der Waals surface area contributed by atoms with Gasteiger partial charge in [-0.1, -0.05) is 0 Å². The van der Waals surface area contributed by atoms with Gasteiger partial charge in [-0.15, -0.1) is 0 Å². The molecule has 0 radical (unpaired) electrons. The molecule has 0 aliphatic heterocycles. The summed E-state index contributed by atoms with van der Waals surface area (Å²) < 4.78 is 78.2. The zero-order valence-electron chi connectivity index (χ0n) is 13.3. The van der Waals surface area contributed by atoms with Gasteiger partial charge in [0.2, 0.25) is 9.84 Å². The Morgan fingerprint density at radius 3 is 2.22 bits per heavy atom. The molecule has 6 nitrogen and oxygen atoms in total. The van der Waals surface area contributed by atoms with Crippen molar-refractivity contribution in [2.45, 2.75) is 10.7 Å². The number of carbonyl (C=O) groups is 2. The molecule has 144 valence electrons. The Bertz CT molecular complexity index is 961. The summed E-state index contributed by atoms with van der Waals surface area (Å²) in [7, 11) is -4.80. The number of hydrogen-bond donors (Lipinski definition) is 1. The van der Waals surface area contributed by atoms with E-state index in [1.165, 1.54) is 0 Å². The maximum Gasteiger partial charge on any atom is 0.341 e. The van der Waals surface area contributed by atoms with Crippen molar-refractivity contribution in [3.8, 4) is 0 Å². The van der Waals surface area contributed by atoms with Gasteiger partial charge >= 0.3 is 11.7 Å². The van der Waals surface area contributed by atoms with Gasteiger partial charge in [0.05, 0.1) is 16.1 Å². The van der Waals surface area contributed by atoms with Crippen LogP contribution in [0.4, 0.5) is 23.2 Å². The van der Waals surface area contributed by atoms with E-state index in [9.17, 15) is 35.6 Å². The third kappa shape index (κ3) is 5.03. The van der Waals surface area contributed by atoms with Crippen molar-refractivity contribution in [1.82, 2.24) is 0 Å². The molecule has 27 heavy (non-hydrogen) atoms. The largest absolute Gasteiger partial charge is 0.452 e. The van der Waals surface area contributed by atoms with Crippen LogP contribution < -0.4 is 5.32 Å². The van der Waals surface area contributed by atoms with Crippen LogP contribution >= 0.6 is 0 Å². The van der Waals surface area contributed by atoms with Gasteiger partial charge in [-0.05, 0) is 36.4 Å². The van der Waals surface area contributed by atoms with Crippen molar-refractivity contribution in [3.63, 3.8) is 0 Å². The lowest BCUT2D eigenvalue weighted by atomic mass is 10.2. The fraction of sp³-hybridized carbons (Fsp3) is 0.125. The number of benzene rings is 2. The molecule has 0 heterocycles. The summed E-state index contributed by atoms with van der Waals surface area (Å²) in [6.45, 7) is -0.813. The van der Waals surface area contributed by atoms with E-state index in [0.29, 0.717) is 6.07 Å². The number of carbonyl (C=O) groups excluding carboxylic acids is 2. The molecule has 0 fully saturated rings. The van der Waals surface area contributed by atoms with Gasteiger partial charge in [0.15, 0.2) is 6.61 Å². The lowest BCUT2D eigenvalue weighted by Crippen LogP contribution is -2.21. The standard InChI is InChI=1S/C16H11F4NO5S/c17-10-3-6-13(12(18)7-10)21-14(22)8-26-15(23)9-1-4-11(5-2-9)27(24,25)16(19)20/h1-7,16H,8H2,(H,21,22). The second kappa shape index (κ2) is 8.16. The van der Waals surface area contributed by atoms with Crippen molar-refractivity contribution in [3.05, 3.63) is 59.7 Å². The number of anilines is 1. The summed E-state index contributed by atoms with van der Waals surface area (Å²) >= 11 is 0. The molecule has 0 aromatic heterocycles. The number of alkyl halides is 2. The normalized spacial score (nSPS) is 11.3. The van der Waals surface area contributed by atoms with E-state index in [0.717, 1.165) is 36.4 Å². The van der Waals surface area contributed by atoms with E-state index in [-0.39, 0.29) is 11.3 Å². The molecule has 0 atom stereocenters. The zero-order valence-corrected chi connectivity index (χ0v) is 14.1. The van der Waals surface area contributed by atoms with Crippen LogP contribution in [0.1, 0.15) is 10.4 Å². The van der Waals surface area contributed by atoms with Gasteiger partial charge in [-0.3, -0.25) is 4.79 Å². The molecule has 0 saturated heterocycles. The predicted molar refractivity (Wildman–Crippen MR) is 84.9 cm³/mol. The van der Waals surface area contributed by atoms with E-state index in [4.69, 9.17) is 0 Å². The van der Waals surface area contributed by atoms with Crippen molar-refractivity contribution in [2.24, 2.45) is 0 Å². The number of sulfone groups is 1. The van der Waals surface area contributed by atoms with E-state index in [2.05, 4.69) is 10.1 Å². The van der Waals surface area contributed by atoms with Crippen LogP contribution in [-0.4, -0.2) is 32.7 Å². The molecule has 1 N–H and O–H groups in total. The number of esters is 1. The molecule has 1 amide bonds. The first-order chi connectivity index (χ1) is 12.6. The van der Waals surface area contributed by atoms with Crippen molar-refractivity contribution >= 4 is 27.4 Å². The molecule has 0 unspecified atom stereocenters. The first kappa shape index (κ1) is 20.4. The Morgan fingerprint density at radius 2 is 1.67 bits per heavy atom. The smallest absolute Gasteiger partial charge is 0.341 e. The zero-order chi connectivity index (χ0) is 20.2. The van der Waals surface area contributed by atoms with Crippen LogP contribution in [0.15, 0.2) is 47.4 Å². The fourth-order valence-corrected chi connectivity index (χ4v) is 2.60. The topological polar surface area (TPSA) is 89.5 Å². The predicted octanol–water partition coefficient (Wildman–Crippen LogP) is 2.76. The van der Waals surface area contributed by atoms with E-state index in [1.807, 2.05) is 0 Å². The summed E-state index contributed by atoms with van der Waals surface area (Å²) in [6, 6.07) is 5.92. The molecular weight excluding hydrogens is 394 g/mol. The highest BCUT2D eigenvalue weighted by Gasteiger charge is 2.26. The van der Waals surface area contributed by atoms with Crippen LogP contribution in [0, 0.1) is 11.6 Å². The first-order valence-corrected chi connectivity index (χ1v) is 8.70. The summed E-state index contributed by atoms with van der Waals surface area (Å²) in [5.41, 5.74) is -0.511. The maximum atomic E-state index is 13.4. The molecule has 0 aliphatic rings. The van der Waals surface area contributed by atoms with E-state index < -0.39 is 50.6 Å². The second-order valence-corrected chi connectivity index (χ2v) is 7.00. The minimum Gasteiger partial charge on any atom is -0.452 e. The lowest BCUT2D eigenvalue weighted by Gasteiger charge is -2.08. The van der Waals surface area contributed by atoms with Gasteiger partial charge in [0, 0.05) is 6.07 Å². The number of rotatable bonds is 6. The molecule has 0 saturated carbocycles. The van der Waals surface area contributed by atoms with Gasteiger partial charge in [-0.25, -0.2) is 22.0 Å². The Morgan fingerprint density at radius 1 is 1.04 bits per heavy atom. The van der Waals surface area contributed by atoms with Gasteiger partial charge in [0.1, 0.15) is 11.6 Å². The number of amides is 1. The monoisotopic (exact) mass is 405 g/mol. The average molecular weight is 405 g/mol. The molecule has 2 aromatic carbocycles. The Hall–Kier alpha value is -2.95. The van der Waals surface area contributed by atoms with Crippen LogP contribution in [0.25, 0.3) is 0 Å². The highest BCUT2D eigenvalue weighted by Crippen LogP contribution is 2.19. The number of nitrogens with one attached hydrogen (secondary N) is 1. The summed E-state index contributed by atoms with van der Waals surface area (Å²) in [4.78, 5) is 22.7. The van der Waals surface area contributed by atoms with Crippen molar-refractivity contribution in [1.29, 1.82) is 0 Å². The third-order valence-electron chi connectivity index (χ3n) is 3.19. The van der Waals surface area contributed by atoms with Crippen molar-refractivity contribution in [2.75, 3.05) is 11.9 Å². The van der Waals surface area contributed by atoms with Crippen LogP contribution in [0.2, 0.25) is 0 Å². The Labute approximate surface area is 150 Å². The highest BCUT2D eigenvalue weighted by atomic mass is 32.2. The highest BCUT2D eigenvalue weighted by molar-refractivity contribution is 7.91. The fourth-order valence-electron chi connectivity index (χ4n) is 1.88. The molecule has 0 aliphatic carbocycles. The first-order valence-electron chi connectivity index (χ1n) is 7.15. The minimum atomic E-state index is -4.80. The molecule has 0 bridgehead atoms. The Balaban J connectivity index is 1.96. The number of ether oxygens (including phenoxy) is 1. The van der Waals surface area contributed by atoms with E-state index in [1.54, 1.807) is 0 Å². The third-order valence-corrected chi connectivity index (χ3v) is 4.59. The molecule has 2 rings (SSSR count). The molecule has 0 spiro atoms. The summed E-state index contributed by atoms with van der Waals surface area (Å²) in [5, 5.41) is 2.07. The number of halogens is 4. The molecule has 11 heteroatoms. The average Bonchev–Trinajstić information content (AvgIpc) is 2.62. The molecular formula is C16H11F4NO5S. The molecule has 2 aromatic rings. The maximum absolute atomic E-state index is 13.4. The second-order valence-electron chi connectivity index (χ2n) is 5.08.